The summed E-state index contributed by atoms with van der Waals surface area (Å²) in [5, 5.41) is 5.03. The summed E-state index contributed by atoms with van der Waals surface area (Å²) in [6.45, 7) is 9.08. The summed E-state index contributed by atoms with van der Waals surface area (Å²) in [4.78, 5) is 7.36. The molecule has 124 valence electrons. The number of unbranched alkanes of at least 4 members (excludes halogenated alkanes) is 1. The van der Waals surface area contributed by atoms with E-state index in [1.165, 1.54) is 54.6 Å². The van der Waals surface area contributed by atoms with Crippen molar-refractivity contribution in [1.82, 2.24) is 9.88 Å². The average Bonchev–Trinajstić information content (AvgIpc) is 3.05. The van der Waals surface area contributed by atoms with Gasteiger partial charge in [0, 0.05) is 23.3 Å². The van der Waals surface area contributed by atoms with E-state index in [4.69, 9.17) is 4.98 Å². The molecule has 1 aromatic carbocycles. The first-order valence-electron chi connectivity index (χ1n) is 9.20. The molecule has 0 fully saturated rings. The summed E-state index contributed by atoms with van der Waals surface area (Å²) in [7, 11) is 0. The Morgan fingerprint density at radius 3 is 2.74 bits per heavy atom. The number of nitrogens with one attached hydrogen (secondary N) is 1. The van der Waals surface area contributed by atoms with Crippen LogP contribution in [-0.2, 0) is 12.8 Å². The minimum absolute atomic E-state index is 1.06. The molecule has 1 heterocycles. The molecule has 0 unspecified atom stereocenters. The van der Waals surface area contributed by atoms with Crippen molar-refractivity contribution in [2.75, 3.05) is 31.5 Å². The fraction of sp³-hybridized carbons (Fsp3) is 0.550. The SMILES string of the molecule is CCN(CC)CCCCNc1c2c(nc3ccccc13)CCC2. The molecule has 0 spiro atoms. The lowest BCUT2D eigenvalue weighted by Crippen LogP contribution is -2.24. The lowest BCUT2D eigenvalue weighted by molar-refractivity contribution is 0.298. The monoisotopic (exact) mass is 311 g/mol. The number of hydrogen-bond acceptors (Lipinski definition) is 3. The molecule has 23 heavy (non-hydrogen) atoms. The van der Waals surface area contributed by atoms with Crippen LogP contribution in [0.15, 0.2) is 24.3 Å². The Labute approximate surface area is 140 Å². The van der Waals surface area contributed by atoms with Gasteiger partial charge in [0.2, 0.25) is 0 Å². The average molecular weight is 311 g/mol. The van der Waals surface area contributed by atoms with Gasteiger partial charge in [0.25, 0.3) is 0 Å². The highest BCUT2D eigenvalue weighted by Gasteiger charge is 2.19. The predicted molar refractivity (Wildman–Crippen MR) is 99.3 cm³/mol. The Morgan fingerprint density at radius 2 is 1.91 bits per heavy atom. The van der Waals surface area contributed by atoms with Crippen molar-refractivity contribution in [3.63, 3.8) is 0 Å². The molecule has 3 rings (SSSR count). The summed E-state index contributed by atoms with van der Waals surface area (Å²) in [6.07, 6.45) is 6.04. The molecule has 0 saturated carbocycles. The topological polar surface area (TPSA) is 28.2 Å². The van der Waals surface area contributed by atoms with Gasteiger partial charge in [-0.1, -0.05) is 32.0 Å². The van der Waals surface area contributed by atoms with Gasteiger partial charge in [0.15, 0.2) is 0 Å². The van der Waals surface area contributed by atoms with Gasteiger partial charge >= 0.3 is 0 Å². The molecule has 0 amide bonds. The van der Waals surface area contributed by atoms with E-state index in [0.29, 0.717) is 0 Å². The van der Waals surface area contributed by atoms with Crippen molar-refractivity contribution >= 4 is 16.6 Å². The molecule has 0 bridgehead atoms. The first kappa shape index (κ1) is 16.3. The molecule has 0 atom stereocenters. The van der Waals surface area contributed by atoms with Crippen LogP contribution in [0, 0.1) is 0 Å². The summed E-state index contributed by atoms with van der Waals surface area (Å²) in [5.41, 5.74) is 5.27. The second-order valence-corrected chi connectivity index (χ2v) is 6.44. The number of benzene rings is 1. The summed E-state index contributed by atoms with van der Waals surface area (Å²) >= 11 is 0. The molecule has 1 aliphatic carbocycles. The van der Waals surface area contributed by atoms with E-state index in [9.17, 15) is 0 Å². The van der Waals surface area contributed by atoms with Crippen molar-refractivity contribution in [2.45, 2.75) is 46.0 Å². The fourth-order valence-corrected chi connectivity index (χ4v) is 3.63. The molecule has 0 radical (unpaired) electrons. The second kappa shape index (κ2) is 7.78. The highest BCUT2D eigenvalue weighted by Crippen LogP contribution is 2.33. The van der Waals surface area contributed by atoms with E-state index in [0.717, 1.165) is 31.6 Å². The number of aryl methyl sites for hydroxylation is 1. The van der Waals surface area contributed by atoms with Crippen molar-refractivity contribution in [3.05, 3.63) is 35.5 Å². The van der Waals surface area contributed by atoms with Crippen LogP contribution in [0.1, 0.15) is 44.4 Å². The van der Waals surface area contributed by atoms with Gasteiger partial charge in [-0.15, -0.1) is 0 Å². The van der Waals surface area contributed by atoms with Crippen LogP contribution in [-0.4, -0.2) is 36.1 Å². The minimum atomic E-state index is 1.06. The largest absolute Gasteiger partial charge is 0.384 e. The Morgan fingerprint density at radius 1 is 1.09 bits per heavy atom. The Bertz CT molecular complexity index is 647. The number of para-hydroxylation sites is 1. The van der Waals surface area contributed by atoms with Gasteiger partial charge in [0.05, 0.1) is 5.52 Å². The molecular weight excluding hydrogens is 282 g/mol. The van der Waals surface area contributed by atoms with Crippen LogP contribution in [0.3, 0.4) is 0 Å². The maximum absolute atomic E-state index is 4.86. The van der Waals surface area contributed by atoms with Gasteiger partial charge < -0.3 is 10.2 Å². The second-order valence-electron chi connectivity index (χ2n) is 6.44. The number of pyridine rings is 1. The van der Waals surface area contributed by atoms with Crippen LogP contribution < -0.4 is 5.32 Å². The first-order chi connectivity index (χ1) is 11.3. The van der Waals surface area contributed by atoms with Crippen LogP contribution in [0.25, 0.3) is 10.9 Å². The number of aromatic nitrogens is 1. The third kappa shape index (κ3) is 3.66. The maximum atomic E-state index is 4.86. The third-order valence-corrected chi connectivity index (χ3v) is 5.02. The highest BCUT2D eigenvalue weighted by atomic mass is 15.1. The zero-order valence-electron chi connectivity index (χ0n) is 14.6. The number of hydrogen-bond donors (Lipinski definition) is 1. The van der Waals surface area contributed by atoms with E-state index < -0.39 is 0 Å². The van der Waals surface area contributed by atoms with Crippen LogP contribution in [0.2, 0.25) is 0 Å². The minimum Gasteiger partial charge on any atom is -0.384 e. The Hall–Kier alpha value is -1.61. The summed E-state index contributed by atoms with van der Waals surface area (Å²) in [6, 6.07) is 8.56. The quantitative estimate of drug-likeness (QED) is 0.738. The first-order valence-corrected chi connectivity index (χ1v) is 9.20. The number of anilines is 1. The van der Waals surface area contributed by atoms with Crippen molar-refractivity contribution in [3.8, 4) is 0 Å². The molecule has 3 nitrogen and oxygen atoms in total. The zero-order chi connectivity index (χ0) is 16.1. The van der Waals surface area contributed by atoms with Gasteiger partial charge in [0.1, 0.15) is 0 Å². The van der Waals surface area contributed by atoms with E-state index >= 15 is 0 Å². The van der Waals surface area contributed by atoms with Crippen molar-refractivity contribution in [2.24, 2.45) is 0 Å². The van der Waals surface area contributed by atoms with Crippen LogP contribution >= 0.6 is 0 Å². The van der Waals surface area contributed by atoms with Gasteiger partial charge in [-0.25, -0.2) is 0 Å². The Kier molecular flexibility index (Phi) is 5.50. The fourth-order valence-electron chi connectivity index (χ4n) is 3.63. The van der Waals surface area contributed by atoms with Crippen molar-refractivity contribution in [1.29, 1.82) is 0 Å². The third-order valence-electron chi connectivity index (χ3n) is 5.02. The smallest absolute Gasteiger partial charge is 0.0726 e. The standard InChI is InChI=1S/C20H29N3/c1-3-23(4-2)15-8-7-14-21-20-16-10-5-6-12-18(16)22-19-13-9-11-17(19)20/h5-6,10,12H,3-4,7-9,11,13-15H2,1-2H3,(H,21,22). The van der Waals surface area contributed by atoms with Gasteiger partial charge in [-0.2, -0.15) is 0 Å². The Balaban J connectivity index is 1.66. The molecule has 0 aliphatic heterocycles. The van der Waals surface area contributed by atoms with Crippen molar-refractivity contribution < 1.29 is 0 Å². The van der Waals surface area contributed by atoms with E-state index in [2.05, 4.69) is 48.3 Å². The number of rotatable bonds is 8. The van der Waals surface area contributed by atoms with Crippen LogP contribution in [0.4, 0.5) is 5.69 Å². The molecule has 1 aliphatic rings. The van der Waals surface area contributed by atoms with Gasteiger partial charge in [-0.3, -0.25) is 4.98 Å². The van der Waals surface area contributed by atoms with E-state index in [1.54, 1.807) is 0 Å². The maximum Gasteiger partial charge on any atom is 0.0726 e. The molecule has 1 aromatic heterocycles. The highest BCUT2D eigenvalue weighted by molar-refractivity contribution is 5.93. The zero-order valence-corrected chi connectivity index (χ0v) is 14.6. The molecule has 2 aromatic rings. The van der Waals surface area contributed by atoms with E-state index in [1.807, 2.05) is 0 Å². The molecule has 3 heteroatoms. The summed E-state index contributed by atoms with van der Waals surface area (Å²) < 4.78 is 0. The molecular formula is C20H29N3. The summed E-state index contributed by atoms with van der Waals surface area (Å²) in [5.74, 6) is 0. The number of fused-ring (bicyclic) bond motifs is 2. The van der Waals surface area contributed by atoms with Crippen LogP contribution in [0.5, 0.6) is 0 Å². The molecule has 0 saturated heterocycles. The van der Waals surface area contributed by atoms with E-state index in [-0.39, 0.29) is 0 Å². The lowest BCUT2D eigenvalue weighted by Gasteiger charge is -2.18. The lowest BCUT2D eigenvalue weighted by atomic mass is 10.1. The van der Waals surface area contributed by atoms with Gasteiger partial charge in [-0.05, 0) is 63.4 Å². The number of nitrogens with zero attached hydrogens (tertiary/aromatic N) is 2. The molecule has 1 N–H and O–H groups in total. The predicted octanol–water partition coefficient (Wildman–Crippen LogP) is 4.26. The normalized spacial score (nSPS) is 13.7.